The van der Waals surface area contributed by atoms with Crippen molar-refractivity contribution >= 4 is 11.8 Å². The van der Waals surface area contributed by atoms with Gasteiger partial charge in [0.1, 0.15) is 13.2 Å². The molecule has 23 heavy (non-hydrogen) atoms. The molecule has 5 heteroatoms. The molecule has 2 aromatic carbocycles. The Balaban J connectivity index is 1.43. The molecule has 1 aromatic heterocycles. The zero-order valence-electron chi connectivity index (χ0n) is 12.5. The third-order valence-electron chi connectivity index (χ3n) is 3.66. The van der Waals surface area contributed by atoms with Crippen molar-refractivity contribution in [2.24, 2.45) is 0 Å². The Morgan fingerprint density at radius 3 is 2.61 bits per heavy atom. The van der Waals surface area contributed by atoms with Crippen LogP contribution in [0.5, 0.6) is 11.5 Å². The first kappa shape index (κ1) is 14.2. The Kier molecular flexibility index (Phi) is 3.94. The number of benzene rings is 2. The minimum atomic E-state index is 0.622. The van der Waals surface area contributed by atoms with Crippen LogP contribution in [0.15, 0.2) is 66.1 Å². The van der Waals surface area contributed by atoms with E-state index in [1.54, 1.807) is 24.3 Å². The van der Waals surface area contributed by atoms with E-state index >= 15 is 0 Å². The third kappa shape index (κ3) is 3.19. The number of fused-ring (bicyclic) bond motifs is 1. The second kappa shape index (κ2) is 6.38. The number of aromatic nitrogens is 2. The van der Waals surface area contributed by atoms with Gasteiger partial charge in [-0.2, -0.15) is 0 Å². The van der Waals surface area contributed by atoms with Crippen molar-refractivity contribution in [3.05, 3.63) is 66.7 Å². The lowest BCUT2D eigenvalue weighted by Crippen LogP contribution is -2.15. The largest absolute Gasteiger partial charge is 0.486 e. The fourth-order valence-corrected chi connectivity index (χ4v) is 3.34. The third-order valence-corrected chi connectivity index (χ3v) is 4.72. The molecule has 0 spiro atoms. The molecule has 1 aliphatic rings. The Labute approximate surface area is 139 Å². The highest BCUT2D eigenvalue weighted by Gasteiger charge is 2.11. The summed E-state index contributed by atoms with van der Waals surface area (Å²) in [4.78, 5) is 5.26. The number of thioether (sulfide) groups is 1. The summed E-state index contributed by atoms with van der Waals surface area (Å²) in [5.41, 5.74) is 2.41. The molecule has 0 radical (unpaired) electrons. The number of ether oxygens (including phenoxy) is 2. The molecule has 1 aliphatic heterocycles. The quantitative estimate of drug-likeness (QED) is 0.681. The molecule has 0 N–H and O–H groups in total. The van der Waals surface area contributed by atoms with Crippen LogP contribution in [-0.4, -0.2) is 22.8 Å². The molecule has 0 amide bonds. The summed E-state index contributed by atoms with van der Waals surface area (Å²) in [6.07, 6.45) is 5.53. The van der Waals surface area contributed by atoms with Gasteiger partial charge in [-0.3, -0.25) is 0 Å². The van der Waals surface area contributed by atoms with E-state index in [1.807, 2.05) is 16.8 Å². The van der Waals surface area contributed by atoms with E-state index in [-0.39, 0.29) is 0 Å². The van der Waals surface area contributed by atoms with Gasteiger partial charge in [0.05, 0.1) is 6.33 Å². The second-order valence-electron chi connectivity index (χ2n) is 5.23. The monoisotopic (exact) mass is 324 g/mol. The van der Waals surface area contributed by atoms with Gasteiger partial charge in [0.15, 0.2) is 11.5 Å². The molecule has 0 fully saturated rings. The predicted octanol–water partition coefficient (Wildman–Crippen LogP) is 3.94. The van der Waals surface area contributed by atoms with Crippen LogP contribution in [0.25, 0.3) is 5.69 Å². The van der Waals surface area contributed by atoms with Gasteiger partial charge in [0, 0.05) is 28.7 Å². The summed E-state index contributed by atoms with van der Waals surface area (Å²) < 4.78 is 13.2. The molecule has 0 saturated heterocycles. The van der Waals surface area contributed by atoms with Crippen LogP contribution in [0.2, 0.25) is 0 Å². The number of rotatable bonds is 4. The van der Waals surface area contributed by atoms with E-state index < -0.39 is 0 Å². The van der Waals surface area contributed by atoms with Gasteiger partial charge < -0.3 is 14.0 Å². The summed E-state index contributed by atoms with van der Waals surface area (Å²) in [7, 11) is 0. The fraction of sp³-hybridized carbons (Fsp3) is 0.167. The topological polar surface area (TPSA) is 36.3 Å². The summed E-state index contributed by atoms with van der Waals surface area (Å²) in [6, 6.07) is 14.7. The van der Waals surface area contributed by atoms with Crippen molar-refractivity contribution in [1.29, 1.82) is 0 Å². The van der Waals surface area contributed by atoms with Crippen LogP contribution in [0.3, 0.4) is 0 Å². The van der Waals surface area contributed by atoms with Crippen molar-refractivity contribution in [2.45, 2.75) is 10.6 Å². The van der Waals surface area contributed by atoms with E-state index in [9.17, 15) is 0 Å². The smallest absolute Gasteiger partial charge is 0.162 e. The number of hydrogen-bond acceptors (Lipinski definition) is 4. The highest BCUT2D eigenvalue weighted by molar-refractivity contribution is 7.98. The molecule has 2 heterocycles. The van der Waals surface area contributed by atoms with Crippen LogP contribution in [0, 0.1) is 0 Å². The van der Waals surface area contributed by atoms with Gasteiger partial charge in [-0.15, -0.1) is 11.8 Å². The highest BCUT2D eigenvalue weighted by Crippen LogP contribution is 2.35. The molecule has 0 aliphatic carbocycles. The molecular formula is C18H16N2O2S. The Morgan fingerprint density at radius 1 is 1.00 bits per heavy atom. The van der Waals surface area contributed by atoms with Crippen molar-refractivity contribution in [3.63, 3.8) is 0 Å². The molecule has 3 aromatic rings. The van der Waals surface area contributed by atoms with E-state index in [0.717, 1.165) is 22.9 Å². The Hall–Kier alpha value is -2.40. The van der Waals surface area contributed by atoms with Crippen molar-refractivity contribution in [1.82, 2.24) is 9.55 Å². The lowest BCUT2D eigenvalue weighted by atomic mass is 10.2. The standard InChI is InChI=1S/C18H16N2O2S/c1-3-15(20-8-7-19-13-20)4-2-14(1)12-23-16-5-6-17-18(11-16)22-10-9-21-17/h1-8,11,13H,9-10,12H2. The zero-order valence-corrected chi connectivity index (χ0v) is 13.3. The molecule has 0 bridgehead atoms. The van der Waals surface area contributed by atoms with Gasteiger partial charge in [0.25, 0.3) is 0 Å². The van der Waals surface area contributed by atoms with Crippen LogP contribution in [0.1, 0.15) is 5.56 Å². The number of imidazole rings is 1. The predicted molar refractivity (Wildman–Crippen MR) is 90.6 cm³/mol. The number of nitrogens with zero attached hydrogens (tertiary/aromatic N) is 2. The average molecular weight is 324 g/mol. The van der Waals surface area contributed by atoms with E-state index in [4.69, 9.17) is 9.47 Å². The van der Waals surface area contributed by atoms with Crippen molar-refractivity contribution < 1.29 is 9.47 Å². The summed E-state index contributed by atoms with van der Waals surface area (Å²) in [5, 5.41) is 0. The average Bonchev–Trinajstić information content (AvgIpc) is 3.15. The van der Waals surface area contributed by atoms with Gasteiger partial charge in [-0.25, -0.2) is 4.98 Å². The summed E-state index contributed by atoms with van der Waals surface area (Å²) in [6.45, 7) is 1.25. The van der Waals surface area contributed by atoms with Gasteiger partial charge in [-0.1, -0.05) is 12.1 Å². The fourth-order valence-electron chi connectivity index (χ4n) is 2.46. The second-order valence-corrected chi connectivity index (χ2v) is 6.28. The maximum absolute atomic E-state index is 5.63. The molecular weight excluding hydrogens is 308 g/mol. The first-order chi connectivity index (χ1) is 11.4. The molecule has 0 unspecified atom stereocenters. The van der Waals surface area contributed by atoms with E-state index in [2.05, 4.69) is 41.4 Å². The lowest BCUT2D eigenvalue weighted by molar-refractivity contribution is 0.171. The molecule has 4 nitrogen and oxygen atoms in total. The maximum atomic E-state index is 5.63. The van der Waals surface area contributed by atoms with Gasteiger partial charge in [0.2, 0.25) is 0 Å². The molecule has 4 rings (SSSR count). The van der Waals surface area contributed by atoms with Gasteiger partial charge >= 0.3 is 0 Å². The number of hydrogen-bond donors (Lipinski definition) is 0. The Bertz CT molecular complexity index is 785. The highest BCUT2D eigenvalue weighted by atomic mass is 32.2. The van der Waals surface area contributed by atoms with Crippen LogP contribution in [-0.2, 0) is 5.75 Å². The minimum Gasteiger partial charge on any atom is -0.486 e. The van der Waals surface area contributed by atoms with E-state index in [1.165, 1.54) is 10.5 Å². The van der Waals surface area contributed by atoms with Gasteiger partial charge in [-0.05, 0) is 35.9 Å². The minimum absolute atomic E-state index is 0.622. The first-order valence-corrected chi connectivity index (χ1v) is 8.47. The summed E-state index contributed by atoms with van der Waals surface area (Å²) >= 11 is 1.79. The SMILES string of the molecule is c1cn(-c2ccc(CSc3ccc4c(c3)OCCO4)cc2)cn1. The summed E-state index contributed by atoms with van der Waals surface area (Å²) in [5.74, 6) is 2.60. The van der Waals surface area contributed by atoms with Crippen LogP contribution < -0.4 is 9.47 Å². The molecule has 0 atom stereocenters. The molecule has 0 saturated carbocycles. The van der Waals surface area contributed by atoms with Crippen LogP contribution >= 0.6 is 11.8 Å². The normalized spacial score (nSPS) is 13.0. The first-order valence-electron chi connectivity index (χ1n) is 7.48. The van der Waals surface area contributed by atoms with E-state index in [0.29, 0.717) is 13.2 Å². The van der Waals surface area contributed by atoms with Crippen molar-refractivity contribution in [3.8, 4) is 17.2 Å². The molecule has 116 valence electrons. The zero-order chi connectivity index (χ0) is 15.5. The lowest BCUT2D eigenvalue weighted by Gasteiger charge is -2.18. The maximum Gasteiger partial charge on any atom is 0.162 e. The van der Waals surface area contributed by atoms with Crippen LogP contribution in [0.4, 0.5) is 0 Å². The van der Waals surface area contributed by atoms with Crippen molar-refractivity contribution in [2.75, 3.05) is 13.2 Å². The Morgan fingerprint density at radius 2 is 1.83 bits per heavy atom.